The molecule has 0 bridgehead atoms. The maximum absolute atomic E-state index is 12.0. The summed E-state index contributed by atoms with van der Waals surface area (Å²) in [6.45, 7) is 17.2. The van der Waals surface area contributed by atoms with Gasteiger partial charge in [-0.25, -0.2) is 4.98 Å². The third-order valence-corrected chi connectivity index (χ3v) is 11.6. The van der Waals surface area contributed by atoms with Crippen molar-refractivity contribution in [2.75, 3.05) is 0 Å². The molecule has 2 heterocycles. The van der Waals surface area contributed by atoms with Gasteiger partial charge in [0.05, 0.1) is 29.1 Å². The average molecular weight is 1010 g/mol. The Hall–Kier alpha value is -6.35. The SMILES string of the molecule is [2H]c1c([2H])c([2H])c(-c2ccnc(-c3[c-]c(-c4cccc5c4nc(-c4cc(C)cc(C)c4O)n5-c4cc(-c5ccccc5)c(C(C)(C)C)cc4-c4ccccc4)cc(C(C)(C)C)c3)c2)c([2H])c1[2H].[Pt]. The Labute approximate surface area is 393 Å². The molecule has 0 aliphatic heterocycles. The van der Waals surface area contributed by atoms with Crippen molar-refractivity contribution in [1.82, 2.24) is 14.5 Å². The minimum atomic E-state index is -0.439. The van der Waals surface area contributed by atoms with Gasteiger partial charge in [-0.05, 0) is 99.5 Å². The third-order valence-electron chi connectivity index (χ3n) is 11.6. The number of aryl methyl sites for hydroxylation is 2. The number of phenols is 1. The normalized spacial score (nSPS) is 12.9. The summed E-state index contributed by atoms with van der Waals surface area (Å²) >= 11 is 0. The molecule has 0 unspecified atom stereocenters. The number of aromatic hydroxyl groups is 1. The summed E-state index contributed by atoms with van der Waals surface area (Å²) in [5.41, 5.74) is 14.2. The summed E-state index contributed by atoms with van der Waals surface area (Å²) in [6, 6.07) is 45.3. The monoisotopic (exact) mass is 1010 g/mol. The van der Waals surface area contributed by atoms with E-state index in [-0.39, 0.29) is 55.3 Å². The van der Waals surface area contributed by atoms with Crippen LogP contribution in [-0.2, 0) is 31.9 Å². The smallest absolute Gasteiger partial charge is 0.148 e. The first-order chi connectivity index (χ1) is 31.8. The second-order valence-corrected chi connectivity index (χ2v) is 18.2. The fourth-order valence-corrected chi connectivity index (χ4v) is 8.38. The first-order valence-electron chi connectivity index (χ1n) is 23.6. The molecule has 5 heteroatoms. The number of imidazole rings is 1. The van der Waals surface area contributed by atoms with Gasteiger partial charge in [-0.2, -0.15) is 0 Å². The second-order valence-electron chi connectivity index (χ2n) is 18.2. The predicted molar refractivity (Wildman–Crippen MR) is 259 cm³/mol. The van der Waals surface area contributed by atoms with Crippen LogP contribution in [0.4, 0.5) is 0 Å². The van der Waals surface area contributed by atoms with Crippen LogP contribution in [0.25, 0.3) is 83.9 Å². The van der Waals surface area contributed by atoms with E-state index < -0.39 is 18.1 Å². The van der Waals surface area contributed by atoms with Gasteiger partial charge >= 0.3 is 0 Å². The predicted octanol–water partition coefficient (Wildman–Crippen LogP) is 15.1. The zero-order valence-corrected chi connectivity index (χ0v) is 39.1. The molecule has 1 N–H and O–H groups in total. The number of hydrogen-bond donors (Lipinski definition) is 1. The van der Waals surface area contributed by atoms with Gasteiger partial charge in [0.25, 0.3) is 0 Å². The van der Waals surface area contributed by atoms with Gasteiger partial charge in [-0.15, -0.1) is 29.3 Å². The Balaban J connectivity index is 0.00000625. The standard InChI is InChI=1S/C58H52N3O.Pt/c1-37-29-38(2)55(62)49(30-37)56-60-54-46(43-31-44(33-45(32-43)57(3,4)5)51-34-42(27-28-59-51)39-19-12-9-13-20-39)25-18-26-52(54)61(56)53-36-47(40-21-14-10-15-22-40)50(58(6,7)8)35-48(53)41-23-16-11-17-24-41;/h9-30,32-36,62H,1-8H3;/q-1;/i9D,12D,13D,19D,20D;. The second kappa shape index (κ2) is 17.1. The van der Waals surface area contributed by atoms with Crippen molar-refractivity contribution in [3.8, 4) is 78.6 Å². The van der Waals surface area contributed by atoms with Gasteiger partial charge < -0.3 is 5.11 Å². The Kier molecular flexibility index (Phi) is 10.1. The van der Waals surface area contributed by atoms with Crippen LogP contribution >= 0.6 is 0 Å². The summed E-state index contributed by atoms with van der Waals surface area (Å²) in [6.07, 6.45) is 1.60. The molecule has 63 heavy (non-hydrogen) atoms. The van der Waals surface area contributed by atoms with E-state index in [0.29, 0.717) is 33.7 Å². The summed E-state index contributed by atoms with van der Waals surface area (Å²) < 4.78 is 44.4. The molecular formula is C58H52N3OPt-. The van der Waals surface area contributed by atoms with Crippen molar-refractivity contribution in [2.45, 2.75) is 66.2 Å². The molecule has 0 saturated carbocycles. The maximum Gasteiger partial charge on any atom is 0.148 e. The van der Waals surface area contributed by atoms with Crippen molar-refractivity contribution in [1.29, 1.82) is 0 Å². The van der Waals surface area contributed by atoms with Crippen molar-refractivity contribution in [3.05, 3.63) is 192 Å². The van der Waals surface area contributed by atoms with E-state index in [0.717, 1.165) is 61.3 Å². The fraction of sp³-hybridized carbons (Fsp3) is 0.172. The van der Waals surface area contributed by atoms with Crippen LogP contribution in [0.5, 0.6) is 5.75 Å². The molecular weight excluding hydrogens is 950 g/mol. The van der Waals surface area contributed by atoms with Gasteiger partial charge in [0.15, 0.2) is 0 Å². The summed E-state index contributed by atoms with van der Waals surface area (Å²) in [4.78, 5) is 10.3. The molecule has 0 atom stereocenters. The van der Waals surface area contributed by atoms with Crippen LogP contribution in [0, 0.1) is 19.9 Å². The van der Waals surface area contributed by atoms with Crippen LogP contribution in [0.3, 0.4) is 0 Å². The molecule has 316 valence electrons. The van der Waals surface area contributed by atoms with Crippen LogP contribution < -0.4 is 0 Å². The van der Waals surface area contributed by atoms with Crippen molar-refractivity contribution >= 4 is 11.0 Å². The number of hydrogen-bond acceptors (Lipinski definition) is 3. The Morgan fingerprint density at radius 2 is 1.27 bits per heavy atom. The van der Waals surface area contributed by atoms with Crippen LogP contribution in [0.1, 0.15) is 70.7 Å². The molecule has 9 rings (SSSR count). The topological polar surface area (TPSA) is 50.9 Å². The van der Waals surface area contributed by atoms with Gasteiger partial charge in [0.1, 0.15) is 11.6 Å². The van der Waals surface area contributed by atoms with Crippen LogP contribution in [0.15, 0.2) is 164 Å². The number of benzene rings is 7. The van der Waals surface area contributed by atoms with Gasteiger partial charge in [0, 0.05) is 38.5 Å². The zero-order chi connectivity index (χ0) is 47.7. The van der Waals surface area contributed by atoms with E-state index >= 15 is 0 Å². The van der Waals surface area contributed by atoms with E-state index in [1.807, 2.05) is 44.2 Å². The van der Waals surface area contributed by atoms with Crippen molar-refractivity contribution < 1.29 is 33.0 Å². The third kappa shape index (κ3) is 8.45. The van der Waals surface area contributed by atoms with Crippen molar-refractivity contribution in [2.24, 2.45) is 0 Å². The van der Waals surface area contributed by atoms with E-state index in [2.05, 4.69) is 137 Å². The summed E-state index contributed by atoms with van der Waals surface area (Å²) in [5, 5.41) is 12.0. The molecule has 4 nitrogen and oxygen atoms in total. The van der Waals surface area contributed by atoms with Gasteiger partial charge in [-0.3, -0.25) is 9.55 Å². The number of fused-ring (bicyclic) bond motifs is 1. The first-order valence-corrected chi connectivity index (χ1v) is 21.1. The summed E-state index contributed by atoms with van der Waals surface area (Å²) in [5.74, 6) is 0.750. The number of aromatic nitrogens is 3. The fourth-order valence-electron chi connectivity index (χ4n) is 8.38. The summed E-state index contributed by atoms with van der Waals surface area (Å²) in [7, 11) is 0. The molecule has 0 radical (unpaired) electrons. The zero-order valence-electron chi connectivity index (χ0n) is 41.8. The molecule has 2 aromatic heterocycles. The van der Waals surface area contributed by atoms with Gasteiger partial charge in [0.2, 0.25) is 0 Å². The Morgan fingerprint density at radius 3 is 1.94 bits per heavy atom. The average Bonchev–Trinajstić information content (AvgIpc) is 3.70. The molecule has 0 amide bonds. The van der Waals surface area contributed by atoms with Crippen LogP contribution in [-0.4, -0.2) is 19.6 Å². The number of nitrogens with zero attached hydrogens (tertiary/aromatic N) is 3. The molecule has 0 aliphatic carbocycles. The van der Waals surface area contributed by atoms with Gasteiger partial charge in [-0.1, -0.05) is 168 Å². The molecule has 0 spiro atoms. The number of rotatable bonds is 7. The maximum atomic E-state index is 12.0. The molecule has 9 aromatic rings. The molecule has 0 aliphatic rings. The largest absolute Gasteiger partial charge is 0.507 e. The number of para-hydroxylation sites is 1. The van der Waals surface area contributed by atoms with E-state index in [4.69, 9.17) is 16.8 Å². The number of phenolic OH excluding ortho intramolecular Hbond substituents is 1. The quantitative estimate of drug-likeness (QED) is 0.162. The molecule has 7 aromatic carbocycles. The Bertz CT molecular complexity index is 3380. The van der Waals surface area contributed by atoms with Crippen molar-refractivity contribution in [3.63, 3.8) is 0 Å². The molecule has 0 fully saturated rings. The first kappa shape index (κ1) is 37.2. The van der Waals surface area contributed by atoms with E-state index in [9.17, 15) is 5.11 Å². The number of pyridine rings is 1. The minimum absolute atomic E-state index is 0. The van der Waals surface area contributed by atoms with E-state index in [1.54, 1.807) is 18.3 Å². The van der Waals surface area contributed by atoms with Crippen LogP contribution in [0.2, 0.25) is 0 Å². The Morgan fingerprint density at radius 1 is 0.603 bits per heavy atom. The van der Waals surface area contributed by atoms with E-state index in [1.165, 1.54) is 5.56 Å². The molecule has 0 saturated heterocycles. The minimum Gasteiger partial charge on any atom is -0.507 e.